The zero-order chi connectivity index (χ0) is 28.0. The van der Waals surface area contributed by atoms with E-state index in [4.69, 9.17) is 0 Å². The average molecular weight is 531 g/mol. The van der Waals surface area contributed by atoms with Crippen LogP contribution in [0, 0.1) is 17.3 Å². The minimum absolute atomic E-state index is 0.0578. The van der Waals surface area contributed by atoms with Gasteiger partial charge in [-0.1, -0.05) is 40.5 Å². The Balaban J connectivity index is 1.74. The van der Waals surface area contributed by atoms with Crippen molar-refractivity contribution in [2.75, 3.05) is 13.1 Å². The Kier molecular flexibility index (Phi) is 9.40. The van der Waals surface area contributed by atoms with Crippen LogP contribution in [0.25, 0.3) is 0 Å². The minimum atomic E-state index is -1.11. The van der Waals surface area contributed by atoms with Crippen molar-refractivity contribution in [2.45, 2.75) is 77.9 Å². The highest BCUT2D eigenvalue weighted by Gasteiger charge is 2.52. The lowest BCUT2D eigenvalue weighted by Gasteiger charge is -2.36. The number of carboxylic acid groups (broad SMARTS) is 1. The summed E-state index contributed by atoms with van der Waals surface area (Å²) in [4.78, 5) is 73.2. The van der Waals surface area contributed by atoms with Crippen molar-refractivity contribution in [3.05, 3.63) is 24.3 Å². The van der Waals surface area contributed by atoms with Gasteiger partial charge in [-0.2, -0.15) is 0 Å². The van der Waals surface area contributed by atoms with Crippen molar-refractivity contribution in [1.82, 2.24) is 30.8 Å². The topological polar surface area (TPSA) is 171 Å². The standard InChI is InChI=1S/C26H38N6O6/c1-5-7-17(25(37)38)30-23(35)20-16-9-6-8-15(16)14-32(20)24(36)21(26(2,3)4)31-19(33)13-29-22(34)18-12-27-10-11-28-18/h10-12,15-17,20-21H,5-9,13-14H2,1-4H3,(H,29,34)(H,30,35)(H,31,33)(H,37,38). The summed E-state index contributed by atoms with van der Waals surface area (Å²) in [5, 5.41) is 17.4. The zero-order valence-corrected chi connectivity index (χ0v) is 22.4. The van der Waals surface area contributed by atoms with Crippen molar-refractivity contribution < 1.29 is 29.1 Å². The second-order valence-corrected chi connectivity index (χ2v) is 11.1. The van der Waals surface area contributed by atoms with Gasteiger partial charge in [0, 0.05) is 18.9 Å². The third-order valence-corrected chi connectivity index (χ3v) is 7.26. The van der Waals surface area contributed by atoms with Gasteiger partial charge in [0.2, 0.25) is 17.7 Å². The van der Waals surface area contributed by atoms with Crippen molar-refractivity contribution in [3.63, 3.8) is 0 Å². The third kappa shape index (κ3) is 6.84. The van der Waals surface area contributed by atoms with Gasteiger partial charge in [0.1, 0.15) is 23.8 Å². The molecule has 1 aromatic rings. The maximum absolute atomic E-state index is 13.9. The summed E-state index contributed by atoms with van der Waals surface area (Å²) < 4.78 is 0. The molecule has 2 heterocycles. The van der Waals surface area contributed by atoms with E-state index in [2.05, 4.69) is 25.9 Å². The predicted molar refractivity (Wildman–Crippen MR) is 137 cm³/mol. The lowest BCUT2D eigenvalue weighted by molar-refractivity contribution is -0.146. The molecule has 1 saturated carbocycles. The molecule has 3 rings (SSSR count). The first-order valence-electron chi connectivity index (χ1n) is 13.1. The number of carbonyl (C=O) groups excluding carboxylic acids is 4. The fourth-order valence-electron chi connectivity index (χ4n) is 5.37. The van der Waals surface area contributed by atoms with Gasteiger partial charge in [0.05, 0.1) is 12.7 Å². The highest BCUT2D eigenvalue weighted by Crippen LogP contribution is 2.43. The van der Waals surface area contributed by atoms with Crippen LogP contribution in [-0.2, 0) is 19.2 Å². The molecule has 1 aliphatic carbocycles. The Morgan fingerprint density at radius 1 is 1.13 bits per heavy atom. The fraction of sp³-hybridized carbons (Fsp3) is 0.654. The van der Waals surface area contributed by atoms with Gasteiger partial charge < -0.3 is 26.0 Å². The molecular weight excluding hydrogens is 492 g/mol. The van der Waals surface area contributed by atoms with E-state index < -0.39 is 53.1 Å². The highest BCUT2D eigenvalue weighted by atomic mass is 16.4. The van der Waals surface area contributed by atoms with Crippen LogP contribution in [0.15, 0.2) is 18.6 Å². The van der Waals surface area contributed by atoms with Gasteiger partial charge in [0.25, 0.3) is 5.91 Å². The number of nitrogens with one attached hydrogen (secondary N) is 3. The van der Waals surface area contributed by atoms with E-state index in [1.165, 1.54) is 23.5 Å². The highest BCUT2D eigenvalue weighted by molar-refractivity contribution is 5.97. The number of hydrogen-bond acceptors (Lipinski definition) is 7. The maximum Gasteiger partial charge on any atom is 0.326 e. The molecule has 1 saturated heterocycles. The van der Waals surface area contributed by atoms with Crippen LogP contribution in [0.5, 0.6) is 0 Å². The summed E-state index contributed by atoms with van der Waals surface area (Å²) in [6.45, 7) is 7.26. The number of nitrogens with zero attached hydrogens (tertiary/aromatic N) is 3. The Labute approximate surface area is 222 Å². The molecule has 1 aromatic heterocycles. The number of hydrogen-bond donors (Lipinski definition) is 4. The number of fused-ring (bicyclic) bond motifs is 1. The van der Waals surface area contributed by atoms with Gasteiger partial charge in [-0.25, -0.2) is 9.78 Å². The molecule has 2 fully saturated rings. The largest absolute Gasteiger partial charge is 0.480 e. The number of amides is 4. The summed E-state index contributed by atoms with van der Waals surface area (Å²) >= 11 is 0. The molecular formula is C26H38N6O6. The van der Waals surface area contributed by atoms with E-state index >= 15 is 0 Å². The number of aromatic nitrogens is 2. The lowest BCUT2D eigenvalue weighted by atomic mass is 9.85. The monoisotopic (exact) mass is 530 g/mol. The molecule has 5 atom stereocenters. The van der Waals surface area contributed by atoms with Crippen molar-refractivity contribution in [2.24, 2.45) is 17.3 Å². The maximum atomic E-state index is 13.9. The van der Waals surface area contributed by atoms with Crippen molar-refractivity contribution >= 4 is 29.6 Å². The van der Waals surface area contributed by atoms with E-state index in [1.54, 1.807) is 0 Å². The molecule has 0 bridgehead atoms. The van der Waals surface area contributed by atoms with Crippen LogP contribution in [0.1, 0.15) is 70.3 Å². The van der Waals surface area contributed by atoms with Crippen LogP contribution >= 0.6 is 0 Å². The molecule has 38 heavy (non-hydrogen) atoms. The van der Waals surface area contributed by atoms with E-state index in [9.17, 15) is 29.1 Å². The molecule has 0 aromatic carbocycles. The predicted octanol–water partition coefficient (Wildman–Crippen LogP) is 0.734. The first-order valence-corrected chi connectivity index (χ1v) is 13.1. The van der Waals surface area contributed by atoms with Gasteiger partial charge in [0.15, 0.2) is 0 Å². The van der Waals surface area contributed by atoms with Crippen molar-refractivity contribution in [3.8, 4) is 0 Å². The second-order valence-electron chi connectivity index (χ2n) is 11.1. The Bertz CT molecular complexity index is 1040. The van der Waals surface area contributed by atoms with Gasteiger partial charge in [-0.05, 0) is 36.5 Å². The summed E-state index contributed by atoms with van der Waals surface area (Å²) in [6, 6.07) is -2.80. The summed E-state index contributed by atoms with van der Waals surface area (Å²) in [7, 11) is 0. The zero-order valence-electron chi connectivity index (χ0n) is 22.4. The summed E-state index contributed by atoms with van der Waals surface area (Å²) in [6.07, 6.45) is 7.55. The molecule has 208 valence electrons. The number of rotatable bonds is 10. The van der Waals surface area contributed by atoms with Gasteiger partial charge >= 0.3 is 5.97 Å². The molecule has 1 aliphatic heterocycles. The summed E-state index contributed by atoms with van der Waals surface area (Å²) in [5.41, 5.74) is -0.643. The fourth-order valence-corrected chi connectivity index (χ4v) is 5.37. The first kappa shape index (κ1) is 29.0. The number of carboxylic acids is 1. The molecule has 4 amide bonds. The van der Waals surface area contributed by atoms with Crippen LogP contribution < -0.4 is 16.0 Å². The molecule has 5 unspecified atom stereocenters. The first-order chi connectivity index (χ1) is 17.9. The summed E-state index contributed by atoms with van der Waals surface area (Å²) in [5.74, 6) is -3.03. The number of aliphatic carboxylic acids is 1. The smallest absolute Gasteiger partial charge is 0.326 e. The minimum Gasteiger partial charge on any atom is -0.480 e. The van der Waals surface area contributed by atoms with E-state index in [-0.39, 0.29) is 30.5 Å². The second kappa shape index (κ2) is 12.3. The van der Waals surface area contributed by atoms with E-state index in [0.29, 0.717) is 13.0 Å². The van der Waals surface area contributed by atoms with Crippen LogP contribution in [-0.4, -0.2) is 80.8 Å². The molecule has 12 nitrogen and oxygen atoms in total. The molecule has 2 aliphatic rings. The van der Waals surface area contributed by atoms with Gasteiger partial charge in [-0.3, -0.25) is 24.2 Å². The third-order valence-electron chi connectivity index (χ3n) is 7.26. The van der Waals surface area contributed by atoms with E-state index in [0.717, 1.165) is 19.3 Å². The molecule has 12 heteroatoms. The van der Waals surface area contributed by atoms with Crippen LogP contribution in [0.2, 0.25) is 0 Å². The van der Waals surface area contributed by atoms with E-state index in [1.807, 2.05) is 27.7 Å². The van der Waals surface area contributed by atoms with Gasteiger partial charge in [-0.15, -0.1) is 0 Å². The Morgan fingerprint density at radius 2 is 1.87 bits per heavy atom. The molecule has 0 spiro atoms. The number of carbonyl (C=O) groups is 5. The lowest BCUT2D eigenvalue weighted by Crippen LogP contribution is -2.60. The SMILES string of the molecule is CCCC(NC(=O)C1C2CCCC2CN1C(=O)C(NC(=O)CNC(=O)c1cnccn1)C(C)(C)C)C(=O)O. The quantitative estimate of drug-likeness (QED) is 0.343. The Hall–Kier alpha value is -3.57. The van der Waals surface area contributed by atoms with Crippen LogP contribution in [0.3, 0.4) is 0 Å². The Morgan fingerprint density at radius 3 is 2.47 bits per heavy atom. The normalized spacial score (nSPS) is 22.2. The molecule has 4 N–H and O–H groups in total. The van der Waals surface area contributed by atoms with Crippen LogP contribution in [0.4, 0.5) is 0 Å². The molecule has 0 radical (unpaired) electrons. The van der Waals surface area contributed by atoms with Crippen molar-refractivity contribution in [1.29, 1.82) is 0 Å². The average Bonchev–Trinajstić information content (AvgIpc) is 3.46. The number of likely N-dealkylation sites (tertiary alicyclic amines) is 1.